The van der Waals surface area contributed by atoms with E-state index < -0.39 is 9.84 Å². The second-order valence-electron chi connectivity index (χ2n) is 6.36. The molecule has 118 valence electrons. The van der Waals surface area contributed by atoms with Gasteiger partial charge in [0.25, 0.3) is 0 Å². The Bertz CT molecular complexity index is 792. The molecule has 2 heterocycles. The van der Waals surface area contributed by atoms with E-state index >= 15 is 0 Å². The van der Waals surface area contributed by atoms with E-state index in [-0.39, 0.29) is 17.4 Å². The van der Waals surface area contributed by atoms with Gasteiger partial charge >= 0.3 is 0 Å². The van der Waals surface area contributed by atoms with Gasteiger partial charge in [0.15, 0.2) is 0 Å². The van der Waals surface area contributed by atoms with Crippen LogP contribution in [0.4, 0.5) is 0 Å². The summed E-state index contributed by atoms with van der Waals surface area (Å²) in [6.07, 6.45) is 1.38. The first-order valence-corrected chi connectivity index (χ1v) is 9.52. The van der Waals surface area contributed by atoms with Gasteiger partial charge in [0.2, 0.25) is 0 Å². The molecule has 22 heavy (non-hydrogen) atoms. The van der Waals surface area contributed by atoms with Crippen molar-refractivity contribution < 1.29 is 8.42 Å². The van der Waals surface area contributed by atoms with Crippen molar-refractivity contribution in [1.82, 2.24) is 10.2 Å². The van der Waals surface area contributed by atoms with Gasteiger partial charge in [-0.1, -0.05) is 23.8 Å². The van der Waals surface area contributed by atoms with E-state index in [9.17, 15) is 8.42 Å². The van der Waals surface area contributed by atoms with E-state index in [1.807, 2.05) is 0 Å². The van der Waals surface area contributed by atoms with Gasteiger partial charge in [-0.3, -0.25) is 5.10 Å². The fourth-order valence-corrected chi connectivity index (χ4v) is 4.82. The molecule has 3 rings (SSSR count). The maximum Gasteiger partial charge on any atom is 0.150 e. The Morgan fingerprint density at radius 3 is 2.45 bits per heavy atom. The largest absolute Gasteiger partial charge is 0.281 e. The second-order valence-corrected chi connectivity index (χ2v) is 8.66. The SMILES string of the molecule is Cc1ccc(-c2n[nH]c(C3CCS(=O)(=O)CC3)c2C)c(C)c1. The molecule has 1 aromatic carbocycles. The van der Waals surface area contributed by atoms with Gasteiger partial charge in [0.05, 0.1) is 17.2 Å². The molecule has 0 saturated carbocycles. The Morgan fingerprint density at radius 2 is 1.82 bits per heavy atom. The van der Waals surface area contributed by atoms with E-state index in [2.05, 4.69) is 49.2 Å². The average molecular weight is 318 g/mol. The quantitative estimate of drug-likeness (QED) is 0.924. The Labute approximate surface area is 131 Å². The van der Waals surface area contributed by atoms with Gasteiger partial charge in [-0.25, -0.2) is 8.42 Å². The molecule has 0 amide bonds. The molecule has 1 aliphatic heterocycles. The van der Waals surface area contributed by atoms with Crippen LogP contribution in [0.3, 0.4) is 0 Å². The van der Waals surface area contributed by atoms with Gasteiger partial charge in [-0.15, -0.1) is 0 Å². The summed E-state index contributed by atoms with van der Waals surface area (Å²) in [4.78, 5) is 0. The van der Waals surface area contributed by atoms with E-state index in [0.29, 0.717) is 12.8 Å². The Hall–Kier alpha value is -1.62. The third-order valence-corrected chi connectivity index (χ3v) is 6.36. The predicted molar refractivity (Wildman–Crippen MR) is 88.9 cm³/mol. The van der Waals surface area contributed by atoms with Crippen LogP contribution in [-0.4, -0.2) is 30.1 Å². The highest BCUT2D eigenvalue weighted by molar-refractivity contribution is 7.91. The Kier molecular flexibility index (Phi) is 3.85. The molecule has 1 aliphatic rings. The number of aromatic nitrogens is 2. The van der Waals surface area contributed by atoms with Crippen LogP contribution in [0.2, 0.25) is 0 Å². The molecule has 4 nitrogen and oxygen atoms in total. The number of rotatable bonds is 2. The first-order valence-electron chi connectivity index (χ1n) is 7.70. The number of hydrogen-bond acceptors (Lipinski definition) is 3. The van der Waals surface area contributed by atoms with Gasteiger partial charge < -0.3 is 0 Å². The van der Waals surface area contributed by atoms with Crippen LogP contribution in [0.1, 0.15) is 41.1 Å². The summed E-state index contributed by atoms with van der Waals surface area (Å²) in [6, 6.07) is 6.38. The van der Waals surface area contributed by atoms with Crippen LogP contribution in [0.5, 0.6) is 0 Å². The minimum atomic E-state index is -2.83. The molecule has 0 radical (unpaired) electrons. The lowest BCUT2D eigenvalue weighted by atomic mass is 9.93. The van der Waals surface area contributed by atoms with E-state index in [1.54, 1.807) is 0 Å². The lowest BCUT2D eigenvalue weighted by Gasteiger charge is -2.21. The summed E-state index contributed by atoms with van der Waals surface area (Å²) in [6.45, 7) is 6.27. The van der Waals surface area contributed by atoms with Crippen molar-refractivity contribution in [3.8, 4) is 11.3 Å². The van der Waals surface area contributed by atoms with Crippen LogP contribution in [0.25, 0.3) is 11.3 Å². The molecular weight excluding hydrogens is 296 g/mol. The number of nitrogens with one attached hydrogen (secondary N) is 1. The smallest absolute Gasteiger partial charge is 0.150 e. The summed E-state index contributed by atoms with van der Waals surface area (Å²) in [5.41, 5.74) is 6.84. The molecule has 1 N–H and O–H groups in total. The lowest BCUT2D eigenvalue weighted by Crippen LogP contribution is -2.22. The molecule has 2 aromatic rings. The summed E-state index contributed by atoms with van der Waals surface area (Å²) in [5, 5.41) is 7.68. The zero-order chi connectivity index (χ0) is 15.9. The molecule has 0 unspecified atom stereocenters. The average Bonchev–Trinajstić information content (AvgIpc) is 2.81. The van der Waals surface area contributed by atoms with Crippen molar-refractivity contribution in [3.05, 3.63) is 40.6 Å². The minimum absolute atomic E-state index is 0.274. The van der Waals surface area contributed by atoms with Crippen molar-refractivity contribution in [3.63, 3.8) is 0 Å². The van der Waals surface area contributed by atoms with Crippen molar-refractivity contribution in [1.29, 1.82) is 0 Å². The van der Waals surface area contributed by atoms with Crippen molar-refractivity contribution in [2.45, 2.75) is 39.5 Å². The predicted octanol–water partition coefficient (Wildman–Crippen LogP) is 3.29. The molecular formula is C17H22N2O2S. The molecule has 5 heteroatoms. The van der Waals surface area contributed by atoms with Gasteiger partial charge in [0.1, 0.15) is 9.84 Å². The molecule has 1 fully saturated rings. The molecule has 1 saturated heterocycles. The number of H-pyrrole nitrogens is 1. The summed E-state index contributed by atoms with van der Waals surface area (Å²) < 4.78 is 23.2. The van der Waals surface area contributed by atoms with Crippen molar-refractivity contribution in [2.75, 3.05) is 11.5 Å². The fourth-order valence-electron chi connectivity index (χ4n) is 3.33. The zero-order valence-corrected chi connectivity index (χ0v) is 14.1. The molecule has 0 bridgehead atoms. The number of aryl methyl sites for hydroxylation is 2. The van der Waals surface area contributed by atoms with Gasteiger partial charge in [-0.05, 0) is 44.7 Å². The van der Waals surface area contributed by atoms with Crippen LogP contribution < -0.4 is 0 Å². The standard InChI is InChI=1S/C17H22N2O2S/c1-11-4-5-15(12(2)10-11)17-13(3)16(18-19-17)14-6-8-22(20,21)9-7-14/h4-5,10,14H,6-9H2,1-3H3,(H,18,19). The van der Waals surface area contributed by atoms with E-state index in [1.165, 1.54) is 11.1 Å². The summed E-state index contributed by atoms with van der Waals surface area (Å²) >= 11 is 0. The minimum Gasteiger partial charge on any atom is -0.281 e. The van der Waals surface area contributed by atoms with Crippen LogP contribution in [-0.2, 0) is 9.84 Å². The summed E-state index contributed by atoms with van der Waals surface area (Å²) in [5.74, 6) is 0.847. The molecule has 1 aromatic heterocycles. The maximum atomic E-state index is 11.6. The van der Waals surface area contributed by atoms with Crippen LogP contribution in [0.15, 0.2) is 18.2 Å². The third-order valence-electron chi connectivity index (χ3n) is 4.65. The monoisotopic (exact) mass is 318 g/mol. The molecule has 0 spiro atoms. The normalized spacial score (nSPS) is 18.5. The first kappa shape index (κ1) is 15.3. The number of sulfone groups is 1. The zero-order valence-electron chi connectivity index (χ0n) is 13.3. The van der Waals surface area contributed by atoms with Crippen LogP contribution in [0, 0.1) is 20.8 Å². The second kappa shape index (κ2) is 5.54. The summed E-state index contributed by atoms with van der Waals surface area (Å²) in [7, 11) is -2.83. The van der Waals surface area contributed by atoms with Gasteiger partial charge in [0, 0.05) is 17.2 Å². The van der Waals surface area contributed by atoms with E-state index in [0.717, 1.165) is 22.5 Å². The van der Waals surface area contributed by atoms with Crippen molar-refractivity contribution >= 4 is 9.84 Å². The highest BCUT2D eigenvalue weighted by Crippen LogP contribution is 2.34. The maximum absolute atomic E-state index is 11.6. The number of hydrogen-bond donors (Lipinski definition) is 1. The molecule has 0 aliphatic carbocycles. The first-order chi connectivity index (χ1) is 10.4. The van der Waals surface area contributed by atoms with Gasteiger partial charge in [-0.2, -0.15) is 5.10 Å². The Balaban J connectivity index is 1.92. The number of nitrogens with zero attached hydrogens (tertiary/aromatic N) is 1. The third kappa shape index (κ3) is 2.82. The van der Waals surface area contributed by atoms with Crippen molar-refractivity contribution in [2.24, 2.45) is 0 Å². The topological polar surface area (TPSA) is 62.8 Å². The lowest BCUT2D eigenvalue weighted by molar-refractivity contribution is 0.543. The number of aromatic amines is 1. The fraction of sp³-hybridized carbons (Fsp3) is 0.471. The Morgan fingerprint density at radius 1 is 1.14 bits per heavy atom. The highest BCUT2D eigenvalue weighted by atomic mass is 32.2. The van der Waals surface area contributed by atoms with Crippen LogP contribution >= 0.6 is 0 Å². The number of benzene rings is 1. The highest BCUT2D eigenvalue weighted by Gasteiger charge is 2.28. The molecule has 0 atom stereocenters. The van der Waals surface area contributed by atoms with E-state index in [4.69, 9.17) is 0 Å².